The van der Waals surface area contributed by atoms with Gasteiger partial charge in [0.05, 0.1) is 29.5 Å². The number of esters is 2. The van der Waals surface area contributed by atoms with Crippen molar-refractivity contribution < 1.29 is 54.8 Å². The molecule has 1 fully saturated rings. The number of carbonyl (C=O) groups is 2. The van der Waals surface area contributed by atoms with Crippen LogP contribution in [-0.2, 0) is 63.8 Å². The largest absolute Gasteiger partial charge is 0.496 e. The lowest BCUT2D eigenvalue weighted by molar-refractivity contribution is -0.155. The highest BCUT2D eigenvalue weighted by molar-refractivity contribution is 9.10. The van der Waals surface area contributed by atoms with E-state index in [0.717, 1.165) is 86.5 Å². The molecule has 3 aliphatic heterocycles. The third-order valence-corrected chi connectivity index (χ3v) is 22.9. The summed E-state index contributed by atoms with van der Waals surface area (Å²) in [7, 11) is -1.81. The van der Waals surface area contributed by atoms with Crippen molar-refractivity contribution in [1.29, 1.82) is 0 Å². The number of rotatable bonds is 16. The zero-order valence-electron chi connectivity index (χ0n) is 54.7. The third-order valence-electron chi connectivity index (χ3n) is 13.7. The number of nitrogens with zero attached hydrogens (tertiary/aromatic N) is 5. The average Bonchev–Trinajstić information content (AvgIpc) is 1.04. The van der Waals surface area contributed by atoms with E-state index in [1.165, 1.54) is 25.7 Å². The molecule has 0 amide bonds. The molecule has 0 atom stereocenters. The molecular formula is C63H96Br3N6O12PS2. The normalized spacial score (nSPS) is 16.6. The van der Waals surface area contributed by atoms with E-state index < -0.39 is 63.8 Å². The Balaban J connectivity index is 0.000000267. The molecule has 4 aromatic rings. The Kier molecular flexibility index (Phi) is 27.6. The predicted molar refractivity (Wildman–Crippen MR) is 359 cm³/mol. The summed E-state index contributed by atoms with van der Waals surface area (Å²) in [6.45, 7) is 33.1. The average molecular weight is 1460 g/mol. The first-order valence-electron chi connectivity index (χ1n) is 29.2. The summed E-state index contributed by atoms with van der Waals surface area (Å²) >= 11 is 10.2. The van der Waals surface area contributed by atoms with Crippen molar-refractivity contribution in [3.63, 3.8) is 0 Å². The molecule has 87 heavy (non-hydrogen) atoms. The van der Waals surface area contributed by atoms with E-state index in [1.807, 2.05) is 45.9 Å². The number of ether oxygens (including phenoxy) is 6. The molecule has 0 bridgehead atoms. The fraction of sp³-hybridized carbons (Fsp3) is 0.587. The molecule has 0 aromatic heterocycles. The second kappa shape index (κ2) is 31.6. The van der Waals surface area contributed by atoms with Gasteiger partial charge in [0.1, 0.15) is 58.5 Å². The number of methoxy groups -OCH3 is 2. The number of alkyl halides is 1. The van der Waals surface area contributed by atoms with Crippen LogP contribution in [0.3, 0.4) is 0 Å². The maximum Gasteiger partial charge on any atom is 0.321 e. The molecule has 0 aliphatic carbocycles. The standard InChI is InChI=1S/C25H32BrNO6S.C17H25NO5S.C13H31N4P.C8H8Br2O/c1-24(2,3)33-23(28)16-27(15-18-13-19(26)7-9-21(18)31-6)34(29,30)20-8-10-22-17(14-20)11-12-25(4,5)32-22;1-16(2,3)23-15(19)11-18-24(20,21)13-6-7-14-12(10-13)8-9-17(4,5)22-14;1-8-17(9-2)18(14-13(3,4)5)15(6)11-10-12-16(18)7;1-11-8-3-2-7(10)4-6(8)5-9/h7-10,13-14H,11-12,15-16H2,1-6H3;6-7,10,18H,8-9,11H2,1-5H3;8-12H2,1-7H3;2-4H,5H2,1H3. The molecule has 1 N–H and O–H groups in total. The lowest BCUT2D eigenvalue weighted by Crippen LogP contribution is -2.43. The fourth-order valence-electron chi connectivity index (χ4n) is 9.73. The molecular weight excluding hydrogens is 1370 g/mol. The highest BCUT2D eigenvalue weighted by Crippen LogP contribution is 2.61. The fourth-order valence-corrected chi connectivity index (χ4v) is 17.6. The smallest absolute Gasteiger partial charge is 0.321 e. The van der Waals surface area contributed by atoms with Crippen molar-refractivity contribution in [1.82, 2.24) is 23.0 Å². The summed E-state index contributed by atoms with van der Waals surface area (Å²) in [6.07, 6.45) is 4.29. The summed E-state index contributed by atoms with van der Waals surface area (Å²) in [5.41, 5.74) is 1.53. The van der Waals surface area contributed by atoms with Crippen LogP contribution in [0.1, 0.15) is 145 Å². The molecule has 18 nitrogen and oxygen atoms in total. The SMILES string of the molecule is CC(C)(C)OC(=O)CNS(=O)(=O)c1ccc2c(c1)CCC(C)(C)O2.CCN(CC)P1(=NC(C)(C)C)N(C)CCCN1C.COc1ccc(Br)cc1CBr.COc1ccc(Br)cc1CN(CC(=O)OC(C)(C)C)S(=O)(=O)c1ccc2c(c1)CCC(C)(C)O2. The quantitative estimate of drug-likeness (QED) is 0.0631. The van der Waals surface area contributed by atoms with Crippen molar-refractivity contribution in [2.45, 2.75) is 186 Å². The number of aryl methyl sites for hydroxylation is 2. The lowest BCUT2D eigenvalue weighted by Gasteiger charge is -2.50. The maximum absolute atomic E-state index is 13.8. The summed E-state index contributed by atoms with van der Waals surface area (Å²) in [4.78, 5) is 24.6. The van der Waals surface area contributed by atoms with Gasteiger partial charge >= 0.3 is 11.9 Å². The summed E-state index contributed by atoms with van der Waals surface area (Å²) in [6, 6.07) is 20.9. The van der Waals surface area contributed by atoms with Gasteiger partial charge in [0, 0.05) is 58.1 Å². The van der Waals surface area contributed by atoms with E-state index in [2.05, 4.69) is 115 Å². The van der Waals surface area contributed by atoms with Gasteiger partial charge in [0.2, 0.25) is 20.0 Å². The Hall–Kier alpha value is -3.61. The molecule has 488 valence electrons. The van der Waals surface area contributed by atoms with Gasteiger partial charge in [-0.3, -0.25) is 14.3 Å². The number of hydrogen-bond acceptors (Lipinski definition) is 13. The molecule has 4 aromatic carbocycles. The number of sulfonamides is 2. The van der Waals surface area contributed by atoms with Crippen LogP contribution in [0, 0.1) is 0 Å². The molecule has 24 heteroatoms. The van der Waals surface area contributed by atoms with Crippen LogP contribution in [0.4, 0.5) is 0 Å². The van der Waals surface area contributed by atoms with Crippen LogP contribution < -0.4 is 23.7 Å². The van der Waals surface area contributed by atoms with Gasteiger partial charge < -0.3 is 28.4 Å². The Morgan fingerprint density at radius 2 is 1.13 bits per heavy atom. The Bertz CT molecular complexity index is 3260. The molecule has 0 spiro atoms. The Morgan fingerprint density at radius 1 is 0.678 bits per heavy atom. The minimum Gasteiger partial charge on any atom is -0.496 e. The van der Waals surface area contributed by atoms with E-state index in [4.69, 9.17) is 33.2 Å². The Labute approximate surface area is 546 Å². The van der Waals surface area contributed by atoms with E-state index in [1.54, 1.807) is 91.1 Å². The number of carbonyl (C=O) groups excluding carboxylic acids is 2. The minimum absolute atomic E-state index is 0.0101. The van der Waals surface area contributed by atoms with Crippen molar-refractivity contribution in [3.05, 3.63) is 104 Å². The molecule has 0 radical (unpaired) electrons. The van der Waals surface area contributed by atoms with Crippen molar-refractivity contribution in [3.8, 4) is 23.0 Å². The summed E-state index contributed by atoms with van der Waals surface area (Å²) < 4.78 is 103. The summed E-state index contributed by atoms with van der Waals surface area (Å²) in [5.74, 6) is 1.58. The van der Waals surface area contributed by atoms with Gasteiger partial charge in [0.25, 0.3) is 0 Å². The molecule has 3 aliphatic rings. The maximum atomic E-state index is 13.8. The first-order valence-corrected chi connectivity index (χ1v) is 36.5. The molecule has 3 heterocycles. The zero-order chi connectivity index (χ0) is 65.7. The monoisotopic (exact) mass is 1460 g/mol. The van der Waals surface area contributed by atoms with E-state index in [9.17, 15) is 26.4 Å². The second-order valence-electron chi connectivity index (χ2n) is 25.6. The highest BCUT2D eigenvalue weighted by Gasteiger charge is 2.39. The van der Waals surface area contributed by atoms with Gasteiger partial charge in [-0.25, -0.2) is 30.8 Å². The number of hydrogen-bond donors (Lipinski definition) is 1. The van der Waals surface area contributed by atoms with E-state index >= 15 is 0 Å². The molecule has 7 rings (SSSR count). The summed E-state index contributed by atoms with van der Waals surface area (Å²) in [5, 5.41) is 0.815. The molecule has 0 unspecified atom stereocenters. The van der Waals surface area contributed by atoms with Crippen LogP contribution >= 0.6 is 55.3 Å². The molecule has 1 saturated heterocycles. The third kappa shape index (κ3) is 22.9. The molecule has 0 saturated carbocycles. The van der Waals surface area contributed by atoms with Gasteiger partial charge in [0.15, 0.2) is 7.51 Å². The number of benzene rings is 4. The van der Waals surface area contributed by atoms with Gasteiger partial charge in [-0.1, -0.05) is 61.6 Å². The first-order chi connectivity index (χ1) is 40.1. The zero-order valence-corrected chi connectivity index (χ0v) is 61.9. The van der Waals surface area contributed by atoms with E-state index in [-0.39, 0.29) is 33.1 Å². The number of fused-ring (bicyclic) bond motifs is 2. The van der Waals surface area contributed by atoms with E-state index in [0.29, 0.717) is 29.2 Å². The van der Waals surface area contributed by atoms with Gasteiger partial charge in [-0.05, 0) is 220 Å². The van der Waals surface area contributed by atoms with Crippen molar-refractivity contribution >= 4 is 87.3 Å². The van der Waals surface area contributed by atoms with Crippen LogP contribution in [0.5, 0.6) is 23.0 Å². The second-order valence-corrected chi connectivity index (χ2v) is 34.9. The highest BCUT2D eigenvalue weighted by atomic mass is 79.9. The van der Waals surface area contributed by atoms with Crippen molar-refractivity contribution in [2.75, 3.05) is 67.6 Å². The van der Waals surface area contributed by atoms with Crippen LogP contribution in [0.25, 0.3) is 0 Å². The van der Waals surface area contributed by atoms with Crippen LogP contribution in [-0.4, -0.2) is 143 Å². The first kappa shape index (κ1) is 75.8. The number of halogens is 3. The van der Waals surface area contributed by atoms with Gasteiger partial charge in [-0.15, -0.1) is 0 Å². The van der Waals surface area contributed by atoms with Crippen LogP contribution in [0.2, 0.25) is 0 Å². The number of nitrogens with one attached hydrogen (secondary N) is 1. The predicted octanol–water partition coefficient (Wildman–Crippen LogP) is 14.2. The van der Waals surface area contributed by atoms with Crippen LogP contribution in [0.15, 0.2) is 96.3 Å². The Morgan fingerprint density at radius 3 is 1.57 bits per heavy atom. The van der Waals surface area contributed by atoms with Gasteiger partial charge in [-0.2, -0.15) is 9.03 Å². The topological polar surface area (TPSA) is 195 Å². The minimum atomic E-state index is -4.04. The lowest BCUT2D eigenvalue weighted by atomic mass is 9.94. The van der Waals surface area contributed by atoms with Crippen molar-refractivity contribution in [2.24, 2.45) is 4.74 Å².